The van der Waals surface area contributed by atoms with Gasteiger partial charge in [0.15, 0.2) is 0 Å². The molecule has 0 aliphatic carbocycles. The molecular weight excluding hydrogens is 574 g/mol. The van der Waals surface area contributed by atoms with Crippen LogP contribution in [0.15, 0.2) is 36.9 Å². The van der Waals surface area contributed by atoms with Crippen LogP contribution >= 0.6 is 0 Å². The Kier molecular flexibility index (Phi) is 8.54. The average Bonchev–Trinajstić information content (AvgIpc) is 2.70. The molecule has 0 bridgehead atoms. The van der Waals surface area contributed by atoms with Gasteiger partial charge in [-0.1, -0.05) is 51.1 Å². The normalized spacial score (nSPS) is 19.4. The van der Waals surface area contributed by atoms with Gasteiger partial charge in [-0.2, -0.15) is 52.7 Å². The van der Waals surface area contributed by atoms with Crippen molar-refractivity contribution in [2.24, 2.45) is 10.8 Å². The Bertz CT molecular complexity index is 1050. The third-order valence-electron chi connectivity index (χ3n) is 7.69. The van der Waals surface area contributed by atoms with Gasteiger partial charge in [0.25, 0.3) is 0 Å². The minimum absolute atomic E-state index is 0.108. The van der Waals surface area contributed by atoms with Crippen LogP contribution in [0, 0.1) is 10.8 Å². The van der Waals surface area contributed by atoms with Crippen molar-refractivity contribution >= 4 is 5.97 Å². The molecule has 0 aromatic heterocycles. The van der Waals surface area contributed by atoms with Gasteiger partial charge in [0.1, 0.15) is 0 Å². The fourth-order valence-electron chi connectivity index (χ4n) is 4.61. The van der Waals surface area contributed by atoms with Crippen LogP contribution in [-0.2, 0) is 20.5 Å². The highest BCUT2D eigenvalue weighted by atomic mass is 19.4. The molecule has 3 nitrogen and oxygen atoms in total. The van der Waals surface area contributed by atoms with E-state index in [1.54, 1.807) is 0 Å². The molecular formula is C25H27F12NO2. The molecule has 0 saturated carbocycles. The lowest BCUT2D eigenvalue weighted by Gasteiger charge is -2.48. The van der Waals surface area contributed by atoms with Crippen LogP contribution in [0.3, 0.4) is 0 Å². The molecule has 15 heteroatoms. The van der Waals surface area contributed by atoms with Crippen LogP contribution in [0.1, 0.15) is 51.7 Å². The summed E-state index contributed by atoms with van der Waals surface area (Å²) in [5.41, 5.74) is -16.9. The Morgan fingerprint density at radius 2 is 1.23 bits per heavy atom. The highest BCUT2D eigenvalue weighted by Crippen LogP contribution is 2.58. The first kappa shape index (κ1) is 33.8. The van der Waals surface area contributed by atoms with E-state index in [0.717, 1.165) is 13.0 Å². The van der Waals surface area contributed by atoms with Crippen molar-refractivity contribution in [2.45, 2.75) is 82.3 Å². The summed E-state index contributed by atoms with van der Waals surface area (Å²) in [6.07, 6.45) is -24.9. The molecule has 1 aromatic carbocycles. The number of halogens is 12. The molecule has 0 spiro atoms. The number of ether oxygens (including phenoxy) is 1. The van der Waals surface area contributed by atoms with Crippen molar-refractivity contribution in [3.05, 3.63) is 48.0 Å². The molecule has 1 aliphatic rings. The summed E-state index contributed by atoms with van der Waals surface area (Å²) >= 11 is 0. The first-order valence-electron chi connectivity index (χ1n) is 11.7. The fraction of sp³-hybridized carbons (Fsp3) is 0.640. The van der Waals surface area contributed by atoms with Crippen LogP contribution < -0.4 is 5.32 Å². The Morgan fingerprint density at radius 1 is 0.825 bits per heavy atom. The third-order valence-corrected chi connectivity index (χ3v) is 7.69. The standard InChI is InChI=1S/C25H27F12NO2/c1-6-12-19(5,18(2,3)4)17(39)40-21(24(32,33)34,25(35,36)37)15-9-7-14(8-10-15)20(22(26,27)28,23(29,30)31)16-11-13-38-16/h6-10,16,38H,1,11-13H2,2-5H3. The van der Waals surface area contributed by atoms with Gasteiger partial charge in [0.2, 0.25) is 5.41 Å². The third kappa shape index (κ3) is 5.06. The van der Waals surface area contributed by atoms with Gasteiger partial charge in [0, 0.05) is 11.6 Å². The molecule has 1 heterocycles. The number of rotatable bonds is 7. The maximum Gasteiger partial charge on any atom is 0.442 e. The summed E-state index contributed by atoms with van der Waals surface area (Å²) in [6, 6.07) is -2.86. The van der Waals surface area contributed by atoms with E-state index < -0.39 is 82.5 Å². The number of esters is 1. The molecule has 2 atom stereocenters. The molecule has 1 aromatic rings. The predicted octanol–water partition coefficient (Wildman–Crippen LogP) is 7.90. The zero-order valence-corrected chi connectivity index (χ0v) is 21.6. The molecule has 1 saturated heterocycles. The lowest BCUT2D eigenvalue weighted by Crippen LogP contribution is -2.69. The van der Waals surface area contributed by atoms with E-state index in [9.17, 15) is 57.5 Å². The van der Waals surface area contributed by atoms with Crippen molar-refractivity contribution in [1.29, 1.82) is 0 Å². The van der Waals surface area contributed by atoms with E-state index in [4.69, 9.17) is 0 Å². The Morgan fingerprint density at radius 3 is 1.50 bits per heavy atom. The summed E-state index contributed by atoms with van der Waals surface area (Å²) in [5.74, 6) is -1.96. The van der Waals surface area contributed by atoms with Crippen LogP contribution in [0.2, 0.25) is 0 Å². The number of carbonyl (C=O) groups excluding carboxylic acids is 1. The highest BCUT2D eigenvalue weighted by molar-refractivity contribution is 5.78. The lowest BCUT2D eigenvalue weighted by atomic mass is 9.66. The van der Waals surface area contributed by atoms with Crippen molar-refractivity contribution in [1.82, 2.24) is 5.32 Å². The second kappa shape index (κ2) is 10.1. The summed E-state index contributed by atoms with van der Waals surface area (Å²) in [6.45, 7) is 8.20. The fourth-order valence-corrected chi connectivity index (χ4v) is 4.61. The maximum absolute atomic E-state index is 14.3. The Hall–Kier alpha value is -2.45. The molecule has 2 unspecified atom stereocenters. The summed E-state index contributed by atoms with van der Waals surface area (Å²) in [5, 5.41) is 1.98. The van der Waals surface area contributed by atoms with Gasteiger partial charge in [-0.25, -0.2) is 0 Å². The zero-order chi connectivity index (χ0) is 31.4. The minimum Gasteiger partial charge on any atom is -0.434 e. The molecule has 228 valence electrons. The van der Waals surface area contributed by atoms with Crippen molar-refractivity contribution in [3.63, 3.8) is 0 Å². The van der Waals surface area contributed by atoms with Crippen molar-refractivity contribution in [2.75, 3.05) is 6.54 Å². The topological polar surface area (TPSA) is 38.3 Å². The number of hydrogen-bond donors (Lipinski definition) is 1. The van der Waals surface area contributed by atoms with E-state index in [-0.39, 0.29) is 30.8 Å². The van der Waals surface area contributed by atoms with Crippen LogP contribution in [-0.4, -0.2) is 43.3 Å². The second-order valence-corrected chi connectivity index (χ2v) is 10.8. The summed E-state index contributed by atoms with van der Waals surface area (Å²) in [4.78, 5) is 13.0. The van der Waals surface area contributed by atoms with Gasteiger partial charge in [-0.15, -0.1) is 6.58 Å². The number of carbonyl (C=O) groups is 1. The van der Waals surface area contributed by atoms with Gasteiger partial charge < -0.3 is 10.1 Å². The van der Waals surface area contributed by atoms with Gasteiger partial charge in [0.05, 0.1) is 5.41 Å². The average molecular weight is 601 g/mol. The van der Waals surface area contributed by atoms with Gasteiger partial charge in [-0.3, -0.25) is 4.79 Å². The number of benzene rings is 1. The monoisotopic (exact) mass is 601 g/mol. The molecule has 1 N–H and O–H groups in total. The van der Waals surface area contributed by atoms with E-state index in [1.807, 2.05) is 5.32 Å². The Labute approximate surface area is 221 Å². The molecule has 0 amide bonds. The first-order chi connectivity index (χ1) is 17.8. The van der Waals surface area contributed by atoms with Crippen LogP contribution in [0.4, 0.5) is 52.7 Å². The predicted molar refractivity (Wildman–Crippen MR) is 119 cm³/mol. The highest BCUT2D eigenvalue weighted by Gasteiger charge is 2.77. The van der Waals surface area contributed by atoms with Gasteiger partial charge >= 0.3 is 36.3 Å². The molecule has 40 heavy (non-hydrogen) atoms. The molecule has 0 radical (unpaired) electrons. The smallest absolute Gasteiger partial charge is 0.434 e. The van der Waals surface area contributed by atoms with E-state index >= 15 is 0 Å². The van der Waals surface area contributed by atoms with E-state index in [0.29, 0.717) is 0 Å². The number of hydrogen-bond acceptors (Lipinski definition) is 3. The van der Waals surface area contributed by atoms with Crippen LogP contribution in [0.5, 0.6) is 0 Å². The van der Waals surface area contributed by atoms with Gasteiger partial charge in [-0.05, 0) is 37.3 Å². The largest absolute Gasteiger partial charge is 0.442 e. The Balaban J connectivity index is 2.85. The SMILES string of the molecule is C=CCC(C)(C(=O)OC(c1ccc(C(C2CCN2)(C(F)(F)F)C(F)(F)F)cc1)(C(F)(F)F)C(F)(F)F)C(C)(C)C. The maximum atomic E-state index is 14.3. The molecule has 1 fully saturated rings. The summed E-state index contributed by atoms with van der Waals surface area (Å²) < 4.78 is 174. The number of alkyl halides is 12. The quantitative estimate of drug-likeness (QED) is 0.196. The zero-order valence-electron chi connectivity index (χ0n) is 21.6. The molecule has 1 aliphatic heterocycles. The van der Waals surface area contributed by atoms with Crippen LogP contribution in [0.25, 0.3) is 0 Å². The number of allylic oxidation sites excluding steroid dienone is 1. The van der Waals surface area contributed by atoms with E-state index in [1.165, 1.54) is 20.8 Å². The lowest BCUT2D eigenvalue weighted by molar-refractivity contribution is -0.380. The number of nitrogens with one attached hydrogen (secondary N) is 1. The second-order valence-electron chi connectivity index (χ2n) is 10.8. The van der Waals surface area contributed by atoms with E-state index in [2.05, 4.69) is 11.3 Å². The molecule has 2 rings (SSSR count). The first-order valence-corrected chi connectivity index (χ1v) is 11.7. The summed E-state index contributed by atoms with van der Waals surface area (Å²) in [7, 11) is 0. The van der Waals surface area contributed by atoms with Crippen molar-refractivity contribution < 1.29 is 62.2 Å². The van der Waals surface area contributed by atoms with Crippen molar-refractivity contribution in [3.8, 4) is 0 Å². The minimum atomic E-state index is -6.43.